The van der Waals surface area contributed by atoms with Crippen LogP contribution in [0.4, 0.5) is 5.82 Å². The average molecular weight is 296 g/mol. The Morgan fingerprint density at radius 1 is 1.55 bits per heavy atom. The molecule has 106 valence electrons. The highest BCUT2D eigenvalue weighted by Gasteiger charge is 2.19. The van der Waals surface area contributed by atoms with Gasteiger partial charge in [-0.2, -0.15) is 5.10 Å². The molecule has 2 aromatic rings. The summed E-state index contributed by atoms with van der Waals surface area (Å²) < 4.78 is 28.9. The zero-order chi connectivity index (χ0) is 14.8. The van der Waals surface area contributed by atoms with E-state index in [9.17, 15) is 13.2 Å². The van der Waals surface area contributed by atoms with E-state index in [2.05, 4.69) is 10.4 Å². The van der Waals surface area contributed by atoms with Crippen LogP contribution in [0.1, 0.15) is 5.76 Å². The third-order valence-electron chi connectivity index (χ3n) is 2.29. The number of nitrogens with zero attached hydrogens (tertiary/aromatic N) is 2. The minimum atomic E-state index is -3.96. The molecule has 0 aliphatic rings. The topological polar surface area (TPSA) is 120 Å². The van der Waals surface area contributed by atoms with Crippen LogP contribution >= 0.6 is 0 Å². The fourth-order valence-corrected chi connectivity index (χ4v) is 2.12. The lowest BCUT2D eigenvalue weighted by atomic mass is 10.4. The zero-order valence-electron chi connectivity index (χ0n) is 10.5. The Bertz CT molecular complexity index is 743. The fraction of sp³-hybridized carbons (Fsp3) is 0.0909. The van der Waals surface area contributed by atoms with Crippen LogP contribution in [0.25, 0.3) is 6.08 Å². The first-order chi connectivity index (χ1) is 9.36. The van der Waals surface area contributed by atoms with Crippen LogP contribution < -0.4 is 10.5 Å². The SMILES string of the molecule is Cn1cc(S(N)(=O)=O)c(NC(=O)/C=C/c2ccco2)n1. The van der Waals surface area contributed by atoms with Crippen molar-refractivity contribution in [3.05, 3.63) is 36.4 Å². The number of anilines is 1. The molecule has 0 fully saturated rings. The quantitative estimate of drug-likeness (QED) is 0.787. The summed E-state index contributed by atoms with van der Waals surface area (Å²) in [7, 11) is -2.44. The van der Waals surface area contributed by atoms with E-state index < -0.39 is 15.9 Å². The van der Waals surface area contributed by atoms with Gasteiger partial charge in [0.15, 0.2) is 5.82 Å². The molecule has 0 atom stereocenters. The number of carbonyl (C=O) groups is 1. The summed E-state index contributed by atoms with van der Waals surface area (Å²) in [6.45, 7) is 0. The van der Waals surface area contributed by atoms with Gasteiger partial charge in [0.25, 0.3) is 0 Å². The van der Waals surface area contributed by atoms with Crippen molar-refractivity contribution in [2.24, 2.45) is 12.2 Å². The molecule has 20 heavy (non-hydrogen) atoms. The number of hydrogen-bond acceptors (Lipinski definition) is 5. The second-order valence-corrected chi connectivity index (χ2v) is 5.43. The third kappa shape index (κ3) is 3.33. The Kier molecular flexibility index (Phi) is 3.72. The fourth-order valence-electron chi connectivity index (χ4n) is 1.46. The minimum Gasteiger partial charge on any atom is -0.465 e. The van der Waals surface area contributed by atoms with Gasteiger partial charge in [-0.3, -0.25) is 9.48 Å². The molecule has 0 bridgehead atoms. The van der Waals surface area contributed by atoms with Crippen LogP contribution in [0, 0.1) is 0 Å². The van der Waals surface area contributed by atoms with Crippen molar-refractivity contribution in [1.29, 1.82) is 0 Å². The molecule has 0 unspecified atom stereocenters. The average Bonchev–Trinajstić information content (AvgIpc) is 2.95. The van der Waals surface area contributed by atoms with E-state index in [0.717, 1.165) is 0 Å². The first kappa shape index (κ1) is 14.0. The second kappa shape index (κ2) is 5.31. The highest BCUT2D eigenvalue weighted by Crippen LogP contribution is 2.17. The summed E-state index contributed by atoms with van der Waals surface area (Å²) >= 11 is 0. The maximum atomic E-state index is 11.7. The summed E-state index contributed by atoms with van der Waals surface area (Å²) in [6, 6.07) is 3.34. The van der Waals surface area contributed by atoms with Gasteiger partial charge in [0.1, 0.15) is 10.7 Å². The van der Waals surface area contributed by atoms with Crippen molar-refractivity contribution < 1.29 is 17.6 Å². The number of furan rings is 1. The van der Waals surface area contributed by atoms with E-state index in [1.165, 1.54) is 36.3 Å². The van der Waals surface area contributed by atoms with Crippen LogP contribution in [0.2, 0.25) is 0 Å². The van der Waals surface area contributed by atoms with Crippen LogP contribution in [-0.4, -0.2) is 24.1 Å². The number of amides is 1. The van der Waals surface area contributed by atoms with E-state index in [-0.39, 0.29) is 10.7 Å². The summed E-state index contributed by atoms with van der Waals surface area (Å²) in [6.07, 6.45) is 5.31. The highest BCUT2D eigenvalue weighted by atomic mass is 32.2. The lowest BCUT2D eigenvalue weighted by Crippen LogP contribution is -2.16. The van der Waals surface area contributed by atoms with Gasteiger partial charge in [-0.25, -0.2) is 13.6 Å². The number of nitrogens with one attached hydrogen (secondary N) is 1. The molecule has 2 rings (SSSR count). The number of hydrogen-bond donors (Lipinski definition) is 2. The number of primary sulfonamides is 1. The monoisotopic (exact) mass is 296 g/mol. The number of nitrogens with two attached hydrogens (primary N) is 1. The molecule has 0 radical (unpaired) electrons. The number of aryl methyl sites for hydroxylation is 1. The molecule has 0 aliphatic heterocycles. The Balaban J connectivity index is 2.16. The van der Waals surface area contributed by atoms with E-state index in [1.54, 1.807) is 12.1 Å². The molecular formula is C11H12N4O4S. The number of aromatic nitrogens is 2. The Labute approximate surface area is 114 Å². The molecule has 2 heterocycles. The molecule has 1 amide bonds. The Hall–Kier alpha value is -2.39. The van der Waals surface area contributed by atoms with Crippen LogP contribution in [0.5, 0.6) is 0 Å². The van der Waals surface area contributed by atoms with Gasteiger partial charge in [-0.15, -0.1) is 0 Å². The smallest absolute Gasteiger partial charge is 0.249 e. The number of carbonyl (C=O) groups excluding carboxylic acids is 1. The second-order valence-electron chi connectivity index (χ2n) is 3.90. The van der Waals surface area contributed by atoms with Crippen molar-refractivity contribution in [3.8, 4) is 0 Å². The van der Waals surface area contributed by atoms with Gasteiger partial charge < -0.3 is 9.73 Å². The Morgan fingerprint density at radius 3 is 2.90 bits per heavy atom. The summed E-state index contributed by atoms with van der Waals surface area (Å²) in [5.41, 5.74) is 0. The first-order valence-electron chi connectivity index (χ1n) is 5.45. The molecule has 0 aliphatic carbocycles. The summed E-state index contributed by atoms with van der Waals surface area (Å²) in [4.78, 5) is 11.4. The minimum absolute atomic E-state index is 0.121. The first-order valence-corrected chi connectivity index (χ1v) is 7.00. The van der Waals surface area contributed by atoms with Crippen molar-refractivity contribution >= 4 is 27.8 Å². The molecule has 3 N–H and O–H groups in total. The van der Waals surface area contributed by atoms with Gasteiger partial charge in [0, 0.05) is 19.3 Å². The largest absolute Gasteiger partial charge is 0.465 e. The molecule has 9 heteroatoms. The zero-order valence-corrected chi connectivity index (χ0v) is 11.3. The molecule has 0 saturated carbocycles. The molecule has 2 aromatic heterocycles. The third-order valence-corrected chi connectivity index (χ3v) is 3.20. The number of sulfonamides is 1. The molecule has 0 aromatic carbocycles. The summed E-state index contributed by atoms with van der Waals surface area (Å²) in [5.74, 6) is -0.179. The Morgan fingerprint density at radius 2 is 2.30 bits per heavy atom. The number of rotatable bonds is 4. The van der Waals surface area contributed by atoms with E-state index in [4.69, 9.17) is 9.56 Å². The summed E-state index contributed by atoms with van der Waals surface area (Å²) in [5, 5.41) is 11.2. The van der Waals surface area contributed by atoms with Gasteiger partial charge in [0.2, 0.25) is 15.9 Å². The van der Waals surface area contributed by atoms with Gasteiger partial charge in [-0.1, -0.05) is 0 Å². The van der Waals surface area contributed by atoms with Crippen LogP contribution in [-0.2, 0) is 21.9 Å². The van der Waals surface area contributed by atoms with Crippen molar-refractivity contribution in [2.75, 3.05) is 5.32 Å². The van der Waals surface area contributed by atoms with Crippen molar-refractivity contribution in [1.82, 2.24) is 9.78 Å². The van der Waals surface area contributed by atoms with Gasteiger partial charge >= 0.3 is 0 Å². The lowest BCUT2D eigenvalue weighted by molar-refractivity contribution is -0.111. The van der Waals surface area contributed by atoms with Crippen molar-refractivity contribution in [3.63, 3.8) is 0 Å². The van der Waals surface area contributed by atoms with E-state index in [1.807, 2.05) is 0 Å². The van der Waals surface area contributed by atoms with E-state index >= 15 is 0 Å². The molecule has 8 nitrogen and oxygen atoms in total. The van der Waals surface area contributed by atoms with Gasteiger partial charge in [0.05, 0.1) is 6.26 Å². The maximum absolute atomic E-state index is 11.7. The van der Waals surface area contributed by atoms with Gasteiger partial charge in [-0.05, 0) is 18.2 Å². The van der Waals surface area contributed by atoms with E-state index in [0.29, 0.717) is 5.76 Å². The lowest BCUT2D eigenvalue weighted by Gasteiger charge is -1.99. The molecule has 0 spiro atoms. The predicted octanol–water partition coefficient (Wildman–Crippen LogP) is 0.312. The van der Waals surface area contributed by atoms with Crippen molar-refractivity contribution in [2.45, 2.75) is 4.90 Å². The highest BCUT2D eigenvalue weighted by molar-refractivity contribution is 7.89. The van der Waals surface area contributed by atoms with Crippen LogP contribution in [0.3, 0.4) is 0 Å². The molecule has 0 saturated heterocycles. The maximum Gasteiger partial charge on any atom is 0.249 e. The predicted molar refractivity (Wildman–Crippen MR) is 71.0 cm³/mol. The standard InChI is InChI=1S/C11H12N4O4S/c1-15-7-9(20(12,17)18)11(14-15)13-10(16)5-4-8-3-2-6-19-8/h2-7H,1H3,(H2,12,17,18)(H,13,14,16)/b5-4+. The molecular weight excluding hydrogens is 284 g/mol. The normalized spacial score (nSPS) is 11.9. The van der Waals surface area contributed by atoms with Crippen LogP contribution in [0.15, 0.2) is 40.0 Å².